The third-order valence-electron chi connectivity index (χ3n) is 3.37. The average molecular weight is 336 g/mol. The summed E-state index contributed by atoms with van der Waals surface area (Å²) in [6.07, 6.45) is 2.97. The van der Waals surface area contributed by atoms with Crippen LogP contribution in [0.1, 0.15) is 24.5 Å². The van der Waals surface area contributed by atoms with Crippen LogP contribution >= 0.6 is 7.82 Å². The van der Waals surface area contributed by atoms with E-state index < -0.39 is 7.82 Å². The average Bonchev–Trinajstić information content (AvgIpc) is 2.48. The van der Waals surface area contributed by atoms with Gasteiger partial charge in [0.25, 0.3) is 0 Å². The van der Waals surface area contributed by atoms with Crippen molar-refractivity contribution in [2.75, 3.05) is 0 Å². The molecule has 0 saturated heterocycles. The first kappa shape index (κ1) is 17.4. The molecular formula is C17H18FO4P. The number of para-hydroxylation sites is 1. The molecule has 0 radical (unpaired) electrons. The molecule has 2 aromatic carbocycles. The van der Waals surface area contributed by atoms with Gasteiger partial charge in [-0.2, -0.15) is 0 Å². The third kappa shape index (κ3) is 4.29. The molecule has 2 aromatic rings. The van der Waals surface area contributed by atoms with Crippen molar-refractivity contribution in [2.45, 2.75) is 19.8 Å². The van der Waals surface area contributed by atoms with Crippen LogP contribution in [0.2, 0.25) is 0 Å². The zero-order chi connectivity index (χ0) is 17.0. The summed E-state index contributed by atoms with van der Waals surface area (Å²) in [6, 6.07) is 9.41. The second-order valence-corrected chi connectivity index (χ2v) is 6.22. The molecule has 0 fully saturated rings. The molecule has 122 valence electrons. The first-order valence-corrected chi connectivity index (χ1v) is 8.68. The van der Waals surface area contributed by atoms with E-state index in [0.29, 0.717) is 28.7 Å². The third-order valence-corrected chi connectivity index (χ3v) is 3.80. The maximum atomic E-state index is 14.4. The van der Waals surface area contributed by atoms with E-state index in [1.807, 2.05) is 6.92 Å². The van der Waals surface area contributed by atoms with E-state index >= 15 is 0 Å². The van der Waals surface area contributed by atoms with Gasteiger partial charge >= 0.3 is 7.82 Å². The fourth-order valence-electron chi connectivity index (χ4n) is 2.42. The van der Waals surface area contributed by atoms with Crippen LogP contribution in [0.3, 0.4) is 0 Å². The summed E-state index contributed by atoms with van der Waals surface area (Å²) in [5.41, 5.74) is 2.12. The second kappa shape index (κ2) is 7.09. The summed E-state index contributed by atoms with van der Waals surface area (Å²) >= 11 is 0. The number of halogens is 1. The molecular weight excluding hydrogens is 318 g/mol. The lowest BCUT2D eigenvalue weighted by atomic mass is 9.96. The lowest BCUT2D eigenvalue weighted by Crippen LogP contribution is -1.97. The van der Waals surface area contributed by atoms with Gasteiger partial charge in [-0.3, -0.25) is 9.79 Å². The lowest BCUT2D eigenvalue weighted by Gasteiger charge is -2.14. The van der Waals surface area contributed by atoms with Gasteiger partial charge in [0.05, 0.1) is 0 Å². The molecule has 0 aliphatic heterocycles. The van der Waals surface area contributed by atoms with E-state index in [-0.39, 0.29) is 11.6 Å². The Morgan fingerprint density at radius 3 is 2.61 bits per heavy atom. The molecule has 2 N–H and O–H groups in total. The minimum absolute atomic E-state index is 0.00140. The molecule has 4 nitrogen and oxygen atoms in total. The van der Waals surface area contributed by atoms with E-state index in [1.54, 1.807) is 30.3 Å². The highest BCUT2D eigenvalue weighted by molar-refractivity contribution is 7.46. The van der Waals surface area contributed by atoms with Gasteiger partial charge in [0.1, 0.15) is 11.6 Å². The SMILES string of the molecule is C=Cc1cc(-c2ccccc2OP(=O)(O)O)cc(F)c1CCC. The van der Waals surface area contributed by atoms with Gasteiger partial charge in [-0.1, -0.05) is 44.2 Å². The monoisotopic (exact) mass is 336 g/mol. The number of hydrogen-bond acceptors (Lipinski definition) is 2. The summed E-state index contributed by atoms with van der Waals surface area (Å²) < 4.78 is 30.2. The minimum Gasteiger partial charge on any atom is -0.404 e. The van der Waals surface area contributed by atoms with Crippen LogP contribution in [0, 0.1) is 5.82 Å². The van der Waals surface area contributed by atoms with Crippen molar-refractivity contribution in [3.05, 3.63) is 59.9 Å². The van der Waals surface area contributed by atoms with E-state index in [9.17, 15) is 8.96 Å². The molecule has 23 heavy (non-hydrogen) atoms. The smallest absolute Gasteiger partial charge is 0.404 e. The Balaban J connectivity index is 2.57. The van der Waals surface area contributed by atoms with Crippen LogP contribution in [0.4, 0.5) is 4.39 Å². The van der Waals surface area contributed by atoms with Crippen molar-refractivity contribution < 1.29 is 23.3 Å². The van der Waals surface area contributed by atoms with Gasteiger partial charge < -0.3 is 4.52 Å². The molecule has 2 rings (SSSR count). The van der Waals surface area contributed by atoms with E-state index in [2.05, 4.69) is 6.58 Å². The van der Waals surface area contributed by atoms with Crippen molar-refractivity contribution in [2.24, 2.45) is 0 Å². The largest absolute Gasteiger partial charge is 0.524 e. The first-order chi connectivity index (χ1) is 10.9. The highest BCUT2D eigenvalue weighted by Gasteiger charge is 2.19. The first-order valence-electron chi connectivity index (χ1n) is 7.15. The molecule has 0 unspecified atom stereocenters. The number of benzene rings is 2. The maximum Gasteiger partial charge on any atom is 0.524 e. The maximum absolute atomic E-state index is 14.4. The van der Waals surface area contributed by atoms with E-state index in [0.717, 1.165) is 6.42 Å². The summed E-state index contributed by atoms with van der Waals surface area (Å²) in [6.45, 7) is 5.67. The summed E-state index contributed by atoms with van der Waals surface area (Å²) in [5, 5.41) is 0. The molecule has 0 spiro atoms. The van der Waals surface area contributed by atoms with Crippen molar-refractivity contribution >= 4 is 13.9 Å². The predicted molar refractivity (Wildman–Crippen MR) is 88.6 cm³/mol. The quantitative estimate of drug-likeness (QED) is 0.759. The topological polar surface area (TPSA) is 66.8 Å². The van der Waals surface area contributed by atoms with Crippen LogP contribution in [-0.2, 0) is 11.0 Å². The van der Waals surface area contributed by atoms with Gasteiger partial charge in [-0.05, 0) is 41.3 Å². The second-order valence-electron chi connectivity index (χ2n) is 5.06. The van der Waals surface area contributed by atoms with Gasteiger partial charge in [0.2, 0.25) is 0 Å². The van der Waals surface area contributed by atoms with Crippen LogP contribution in [0.25, 0.3) is 17.2 Å². The Morgan fingerprint density at radius 1 is 1.30 bits per heavy atom. The van der Waals surface area contributed by atoms with E-state index in [1.165, 1.54) is 12.1 Å². The van der Waals surface area contributed by atoms with Gasteiger partial charge in [-0.25, -0.2) is 8.96 Å². The minimum atomic E-state index is -4.70. The fraction of sp³-hybridized carbons (Fsp3) is 0.176. The standard InChI is InChI=1S/C17H18FO4P/c1-3-7-14-12(4-2)10-13(11-16(14)18)15-8-5-6-9-17(15)22-23(19,20)21/h4-6,8-11H,2-3,7H2,1H3,(H2,19,20,21). The van der Waals surface area contributed by atoms with Crippen LogP contribution in [0.15, 0.2) is 43.0 Å². The highest BCUT2D eigenvalue weighted by atomic mass is 31.2. The Labute approximate surface area is 134 Å². The molecule has 0 aliphatic rings. The number of phosphoric ester groups is 1. The zero-order valence-electron chi connectivity index (χ0n) is 12.7. The molecule has 0 atom stereocenters. The molecule has 0 amide bonds. The fourth-order valence-corrected chi connectivity index (χ4v) is 2.84. The normalized spacial score (nSPS) is 11.3. The van der Waals surface area contributed by atoms with Crippen molar-refractivity contribution in [3.63, 3.8) is 0 Å². The van der Waals surface area contributed by atoms with Gasteiger partial charge in [0, 0.05) is 5.56 Å². The Hall–Kier alpha value is -1.94. The number of rotatable bonds is 6. The predicted octanol–water partition coefficient (Wildman–Crippen LogP) is 4.56. The molecule has 0 aliphatic carbocycles. The van der Waals surface area contributed by atoms with Crippen LogP contribution < -0.4 is 4.52 Å². The number of phosphoric acid groups is 1. The Morgan fingerprint density at radius 2 is 2.00 bits per heavy atom. The van der Waals surface area contributed by atoms with Crippen molar-refractivity contribution in [1.82, 2.24) is 0 Å². The number of hydrogen-bond donors (Lipinski definition) is 2. The summed E-state index contributed by atoms with van der Waals surface area (Å²) in [5.74, 6) is -0.372. The summed E-state index contributed by atoms with van der Waals surface area (Å²) in [7, 11) is -4.70. The molecule has 6 heteroatoms. The lowest BCUT2D eigenvalue weighted by molar-refractivity contribution is 0.283. The molecule has 0 bridgehead atoms. The molecule has 0 heterocycles. The molecule has 0 aromatic heterocycles. The highest BCUT2D eigenvalue weighted by Crippen LogP contribution is 2.42. The van der Waals surface area contributed by atoms with Crippen LogP contribution in [0.5, 0.6) is 5.75 Å². The zero-order valence-corrected chi connectivity index (χ0v) is 13.6. The van der Waals surface area contributed by atoms with Crippen LogP contribution in [-0.4, -0.2) is 9.79 Å². The van der Waals surface area contributed by atoms with Crippen molar-refractivity contribution in [1.29, 1.82) is 0 Å². The summed E-state index contributed by atoms with van der Waals surface area (Å²) in [4.78, 5) is 18.0. The van der Waals surface area contributed by atoms with Crippen molar-refractivity contribution in [3.8, 4) is 16.9 Å². The molecule has 0 saturated carbocycles. The Kier molecular flexibility index (Phi) is 5.37. The van der Waals surface area contributed by atoms with Gasteiger partial charge in [0.15, 0.2) is 0 Å². The van der Waals surface area contributed by atoms with Gasteiger partial charge in [-0.15, -0.1) is 0 Å². The van der Waals surface area contributed by atoms with E-state index in [4.69, 9.17) is 14.3 Å². The Bertz CT molecular complexity index is 767.